The first kappa shape index (κ1) is 20.4. The van der Waals surface area contributed by atoms with Crippen molar-refractivity contribution in [2.45, 2.75) is 58.2 Å². The van der Waals surface area contributed by atoms with Gasteiger partial charge in [0.05, 0.1) is 25.5 Å². The number of hydrogen-bond acceptors (Lipinski definition) is 5. The van der Waals surface area contributed by atoms with Crippen LogP contribution in [0.15, 0.2) is 30.3 Å². The fraction of sp³-hybridized carbons (Fsp3) is 0.458. The monoisotopic (exact) mass is 411 g/mol. The predicted octanol–water partition coefficient (Wildman–Crippen LogP) is 4.99. The third-order valence-electron chi connectivity index (χ3n) is 5.57. The Labute approximate surface area is 177 Å². The van der Waals surface area contributed by atoms with Crippen molar-refractivity contribution in [3.63, 3.8) is 0 Å². The van der Waals surface area contributed by atoms with E-state index in [4.69, 9.17) is 18.9 Å². The lowest BCUT2D eigenvalue weighted by Crippen LogP contribution is -2.15. The average Bonchev–Trinajstić information content (AvgIpc) is 3.37. The van der Waals surface area contributed by atoms with Crippen LogP contribution < -0.4 is 24.3 Å². The van der Waals surface area contributed by atoms with Crippen LogP contribution in [0, 0.1) is 0 Å². The molecule has 1 heterocycles. The quantitative estimate of drug-likeness (QED) is 0.695. The van der Waals surface area contributed by atoms with Crippen molar-refractivity contribution < 1.29 is 23.7 Å². The smallest absolute Gasteiger partial charge is 0.255 e. The predicted molar refractivity (Wildman–Crippen MR) is 115 cm³/mol. The molecule has 4 rings (SSSR count). The second kappa shape index (κ2) is 8.86. The van der Waals surface area contributed by atoms with Gasteiger partial charge < -0.3 is 24.3 Å². The molecule has 6 heteroatoms. The molecule has 160 valence electrons. The summed E-state index contributed by atoms with van der Waals surface area (Å²) in [6.45, 7) is 4.46. The van der Waals surface area contributed by atoms with Gasteiger partial charge in [-0.3, -0.25) is 4.79 Å². The first-order valence-electron chi connectivity index (χ1n) is 10.7. The maximum atomic E-state index is 13.0. The van der Waals surface area contributed by atoms with Crippen LogP contribution in [-0.2, 0) is 6.42 Å². The van der Waals surface area contributed by atoms with Gasteiger partial charge in [-0.25, -0.2) is 0 Å². The molecule has 0 spiro atoms. The van der Waals surface area contributed by atoms with Crippen LogP contribution in [0.3, 0.4) is 0 Å². The Morgan fingerprint density at radius 3 is 2.67 bits per heavy atom. The fourth-order valence-electron chi connectivity index (χ4n) is 4.10. The summed E-state index contributed by atoms with van der Waals surface area (Å²) in [5.74, 6) is 2.43. The van der Waals surface area contributed by atoms with E-state index in [1.807, 2.05) is 32.0 Å². The van der Waals surface area contributed by atoms with Gasteiger partial charge in [-0.1, -0.05) is 0 Å². The van der Waals surface area contributed by atoms with Crippen molar-refractivity contribution in [1.29, 1.82) is 0 Å². The lowest BCUT2D eigenvalue weighted by molar-refractivity contribution is 0.102. The van der Waals surface area contributed by atoms with Crippen molar-refractivity contribution in [2.24, 2.45) is 0 Å². The van der Waals surface area contributed by atoms with Crippen molar-refractivity contribution in [2.75, 3.05) is 19.0 Å². The summed E-state index contributed by atoms with van der Waals surface area (Å²) >= 11 is 0. The number of fused-ring (bicyclic) bond motifs is 1. The molecular weight excluding hydrogens is 382 g/mol. The van der Waals surface area contributed by atoms with Crippen LogP contribution in [0.4, 0.5) is 5.69 Å². The van der Waals surface area contributed by atoms with Crippen LogP contribution in [0.1, 0.15) is 55.5 Å². The Hall–Kier alpha value is -2.89. The van der Waals surface area contributed by atoms with E-state index in [-0.39, 0.29) is 18.1 Å². The molecule has 2 aromatic rings. The minimum atomic E-state index is -0.243. The minimum absolute atomic E-state index is 0.122. The summed E-state index contributed by atoms with van der Waals surface area (Å²) in [7, 11) is 1.59. The highest BCUT2D eigenvalue weighted by Gasteiger charge is 2.23. The molecule has 0 saturated heterocycles. The summed E-state index contributed by atoms with van der Waals surface area (Å²) in [5, 5.41) is 2.96. The molecule has 1 amide bonds. The second-order valence-corrected chi connectivity index (χ2v) is 7.87. The maximum Gasteiger partial charge on any atom is 0.255 e. The Bertz CT molecular complexity index is 920. The number of amides is 1. The number of hydrogen-bond donors (Lipinski definition) is 1. The summed E-state index contributed by atoms with van der Waals surface area (Å²) in [6.07, 6.45) is 5.69. The highest BCUT2D eigenvalue weighted by molar-refractivity contribution is 6.05. The number of carbonyl (C=O) groups is 1. The molecule has 2 aliphatic rings. The number of methoxy groups -OCH3 is 1. The molecular formula is C24H29NO5. The Morgan fingerprint density at radius 1 is 1.13 bits per heavy atom. The highest BCUT2D eigenvalue weighted by atomic mass is 16.5. The van der Waals surface area contributed by atoms with Crippen LogP contribution >= 0.6 is 0 Å². The topological polar surface area (TPSA) is 66.0 Å². The zero-order valence-corrected chi connectivity index (χ0v) is 17.8. The number of ether oxygens (including phenoxy) is 4. The number of carbonyl (C=O) groups excluding carboxylic acids is 1. The van der Waals surface area contributed by atoms with Crippen molar-refractivity contribution in [3.05, 3.63) is 41.5 Å². The van der Waals surface area contributed by atoms with Gasteiger partial charge in [0.15, 0.2) is 11.5 Å². The molecule has 0 aromatic heterocycles. The van der Waals surface area contributed by atoms with Gasteiger partial charge in [0.2, 0.25) is 0 Å². The molecule has 1 aliphatic heterocycles. The van der Waals surface area contributed by atoms with E-state index in [1.165, 1.54) is 12.8 Å². The Kier molecular flexibility index (Phi) is 6.02. The molecule has 2 aromatic carbocycles. The average molecular weight is 411 g/mol. The van der Waals surface area contributed by atoms with Crippen molar-refractivity contribution in [3.8, 4) is 23.0 Å². The summed E-state index contributed by atoms with van der Waals surface area (Å²) in [4.78, 5) is 13.0. The van der Waals surface area contributed by atoms with Gasteiger partial charge in [-0.15, -0.1) is 0 Å². The fourth-order valence-corrected chi connectivity index (χ4v) is 4.10. The van der Waals surface area contributed by atoms with E-state index < -0.39 is 0 Å². The largest absolute Gasteiger partial charge is 0.493 e. The molecule has 1 atom stereocenters. The third-order valence-corrected chi connectivity index (χ3v) is 5.57. The van der Waals surface area contributed by atoms with Gasteiger partial charge >= 0.3 is 0 Å². The first-order chi connectivity index (χ1) is 14.6. The number of benzene rings is 2. The minimum Gasteiger partial charge on any atom is -0.493 e. The van der Waals surface area contributed by atoms with Gasteiger partial charge in [0, 0.05) is 23.6 Å². The summed E-state index contributed by atoms with van der Waals surface area (Å²) < 4.78 is 23.1. The molecule has 0 bridgehead atoms. The number of anilines is 1. The highest BCUT2D eigenvalue weighted by Crippen LogP contribution is 2.38. The van der Waals surface area contributed by atoms with E-state index in [2.05, 4.69) is 5.32 Å². The molecule has 6 nitrogen and oxygen atoms in total. The lowest BCUT2D eigenvalue weighted by Gasteiger charge is -2.17. The van der Waals surface area contributed by atoms with Crippen molar-refractivity contribution in [1.82, 2.24) is 0 Å². The number of nitrogens with one attached hydrogen (secondary N) is 1. The Balaban J connectivity index is 1.54. The van der Waals surface area contributed by atoms with E-state index in [0.29, 0.717) is 35.1 Å². The maximum absolute atomic E-state index is 13.0. The number of rotatable bonds is 7. The van der Waals surface area contributed by atoms with Crippen LogP contribution in [0.25, 0.3) is 0 Å². The molecule has 1 saturated carbocycles. The van der Waals surface area contributed by atoms with E-state index in [1.54, 1.807) is 19.2 Å². The molecule has 1 aliphatic carbocycles. The lowest BCUT2D eigenvalue weighted by atomic mass is 10.1. The molecule has 1 unspecified atom stereocenters. The van der Waals surface area contributed by atoms with Crippen LogP contribution in [0.5, 0.6) is 23.0 Å². The zero-order chi connectivity index (χ0) is 21.1. The van der Waals surface area contributed by atoms with Crippen LogP contribution in [-0.4, -0.2) is 31.8 Å². The van der Waals surface area contributed by atoms with Crippen molar-refractivity contribution >= 4 is 11.6 Å². The van der Waals surface area contributed by atoms with Crippen LogP contribution in [0.2, 0.25) is 0 Å². The van der Waals surface area contributed by atoms with E-state index in [9.17, 15) is 4.79 Å². The SMILES string of the molecule is CCOc1cc2c(cc1NC(=O)c1ccc(OC3CCCC3)c(OC)c1)OC(C)C2. The molecule has 1 N–H and O–H groups in total. The first-order valence-corrected chi connectivity index (χ1v) is 10.7. The zero-order valence-electron chi connectivity index (χ0n) is 17.8. The second-order valence-electron chi connectivity index (χ2n) is 7.87. The molecule has 0 radical (unpaired) electrons. The van der Waals surface area contributed by atoms with E-state index >= 15 is 0 Å². The standard InChI is InChI=1S/C24H29NO5/c1-4-28-22-13-17-11-15(2)29-21(17)14-19(22)25-24(26)16-9-10-20(23(12-16)27-3)30-18-7-5-6-8-18/h9-10,12-15,18H,4-8,11H2,1-3H3,(H,25,26). The molecule has 30 heavy (non-hydrogen) atoms. The summed E-state index contributed by atoms with van der Waals surface area (Å²) in [5.41, 5.74) is 2.18. The van der Waals surface area contributed by atoms with Gasteiger partial charge in [0.25, 0.3) is 5.91 Å². The van der Waals surface area contributed by atoms with E-state index in [0.717, 1.165) is 30.6 Å². The third kappa shape index (κ3) is 4.32. The normalized spacial score (nSPS) is 17.9. The van der Waals surface area contributed by atoms with Gasteiger partial charge in [-0.2, -0.15) is 0 Å². The summed E-state index contributed by atoms with van der Waals surface area (Å²) in [6, 6.07) is 9.08. The van der Waals surface area contributed by atoms with Gasteiger partial charge in [0.1, 0.15) is 17.6 Å². The molecule has 1 fully saturated rings. The van der Waals surface area contributed by atoms with Gasteiger partial charge in [-0.05, 0) is 63.8 Å². The Morgan fingerprint density at radius 2 is 1.93 bits per heavy atom.